The van der Waals surface area contributed by atoms with Crippen molar-refractivity contribution < 1.29 is 29.3 Å². The number of hydrogen-bond donors (Lipinski definition) is 2. The summed E-state index contributed by atoms with van der Waals surface area (Å²) < 4.78 is 57.4. The predicted molar refractivity (Wildman–Crippen MR) is 65.5 cm³/mol. The molecule has 0 aromatic rings. The zero-order valence-corrected chi connectivity index (χ0v) is 11.7. The maximum Gasteiger partial charge on any atom is 0.321 e. The molecule has 3 nitrogen and oxygen atoms in total. The van der Waals surface area contributed by atoms with Gasteiger partial charge >= 0.3 is 5.97 Å². The van der Waals surface area contributed by atoms with Crippen molar-refractivity contribution in [3.8, 4) is 0 Å². The van der Waals surface area contributed by atoms with Crippen molar-refractivity contribution in [3.05, 3.63) is 0 Å². The van der Waals surface area contributed by atoms with Gasteiger partial charge in [0.2, 0.25) is 0 Å². The third kappa shape index (κ3) is 29.5. The molecule has 0 heterocycles. The van der Waals surface area contributed by atoms with E-state index >= 15 is 0 Å². The SMILES string of the molecule is CCC.CCC.NC(CS(F)(F)(F)(F)F)C(=O)O. The van der Waals surface area contributed by atoms with Gasteiger partial charge < -0.3 is 10.8 Å². The molecule has 0 saturated carbocycles. The minimum absolute atomic E-state index is 1.25. The van der Waals surface area contributed by atoms with Crippen molar-refractivity contribution in [1.29, 1.82) is 0 Å². The van der Waals surface area contributed by atoms with E-state index in [9.17, 15) is 24.2 Å². The summed E-state index contributed by atoms with van der Waals surface area (Å²) in [4.78, 5) is 9.72. The van der Waals surface area contributed by atoms with Gasteiger partial charge in [0, 0.05) is 0 Å². The summed E-state index contributed by atoms with van der Waals surface area (Å²) in [5.74, 6) is -4.88. The topological polar surface area (TPSA) is 63.3 Å². The molecule has 1 atom stereocenters. The molecule has 0 fully saturated rings. The lowest BCUT2D eigenvalue weighted by Gasteiger charge is -2.41. The maximum atomic E-state index is 11.5. The van der Waals surface area contributed by atoms with Gasteiger partial charge in [-0.15, -0.1) is 0 Å². The molecule has 9 heteroatoms. The van der Waals surface area contributed by atoms with Crippen LogP contribution in [0.2, 0.25) is 0 Å². The summed E-state index contributed by atoms with van der Waals surface area (Å²) in [6.07, 6.45) is 2.50. The maximum absolute atomic E-state index is 11.5. The third-order valence-electron chi connectivity index (χ3n) is 0.812. The number of halogens is 5. The fourth-order valence-electron chi connectivity index (χ4n) is 0.411. The van der Waals surface area contributed by atoms with Gasteiger partial charge in [-0.3, -0.25) is 4.79 Å². The molecule has 0 aromatic carbocycles. The average Bonchev–Trinajstić information content (AvgIpc) is 2.00. The highest BCUT2D eigenvalue weighted by Crippen LogP contribution is 2.97. The number of carbonyl (C=O) groups is 1. The molecule has 0 aliphatic rings. The highest BCUT2D eigenvalue weighted by Gasteiger charge is 2.64. The van der Waals surface area contributed by atoms with Gasteiger partial charge in [0.15, 0.2) is 0 Å². The fraction of sp³-hybridized carbons (Fsp3) is 0.889. The van der Waals surface area contributed by atoms with Crippen LogP contribution in [0.4, 0.5) is 19.4 Å². The quantitative estimate of drug-likeness (QED) is 0.753. The van der Waals surface area contributed by atoms with E-state index in [1.54, 1.807) is 0 Å². The van der Waals surface area contributed by atoms with Gasteiger partial charge in [0.25, 0.3) is 10.2 Å². The highest BCUT2D eigenvalue weighted by atomic mass is 32.5. The van der Waals surface area contributed by atoms with E-state index in [0.29, 0.717) is 0 Å². The number of hydrogen-bond acceptors (Lipinski definition) is 2. The molecule has 0 rings (SSSR count). The van der Waals surface area contributed by atoms with Crippen LogP contribution in [0.25, 0.3) is 0 Å². The Bertz CT molecular complexity index is 239. The number of carboxylic acids is 1. The second kappa shape index (κ2) is 7.13. The predicted octanol–water partition coefficient (Wildman–Crippen LogP) is 4.53. The minimum Gasteiger partial charge on any atom is -0.480 e. The number of carboxylic acid groups (broad SMARTS) is 1. The zero-order valence-electron chi connectivity index (χ0n) is 10.9. The molecule has 0 radical (unpaired) electrons. The summed E-state index contributed by atoms with van der Waals surface area (Å²) in [6.45, 7) is 8.50. The standard InChI is InChI=1S/C3H6F5NO2S.2C3H8/c4-12(5,6,7,8)1-2(9)3(10)11;2*1-3-2/h2H,1,9H2,(H,10,11);2*3H2,1-2H3. The Labute approximate surface area is 104 Å². The summed E-state index contributed by atoms with van der Waals surface area (Å²) in [7, 11) is -9.68. The van der Waals surface area contributed by atoms with E-state index in [-0.39, 0.29) is 0 Å². The first kappa shape index (κ1) is 22.6. The highest BCUT2D eigenvalue weighted by molar-refractivity contribution is 8.45. The van der Waals surface area contributed by atoms with Gasteiger partial charge in [0.1, 0.15) is 11.8 Å². The Kier molecular flexibility index (Phi) is 8.95. The van der Waals surface area contributed by atoms with Gasteiger partial charge in [-0.25, -0.2) is 0 Å². The lowest BCUT2D eigenvalue weighted by atomic mass is 10.4. The van der Waals surface area contributed by atoms with Crippen molar-refractivity contribution in [1.82, 2.24) is 0 Å². The largest absolute Gasteiger partial charge is 0.480 e. The van der Waals surface area contributed by atoms with Crippen molar-refractivity contribution >= 4 is 16.2 Å². The van der Waals surface area contributed by atoms with Crippen LogP contribution in [0, 0.1) is 0 Å². The molecule has 0 aliphatic carbocycles. The normalized spacial score (nSPS) is 15.9. The molecule has 0 bridgehead atoms. The van der Waals surface area contributed by atoms with Crippen LogP contribution < -0.4 is 5.73 Å². The Morgan fingerprint density at radius 3 is 1.33 bits per heavy atom. The Hall–Kier alpha value is -0.570. The van der Waals surface area contributed by atoms with Crippen molar-refractivity contribution in [2.24, 2.45) is 5.73 Å². The van der Waals surface area contributed by atoms with Gasteiger partial charge in [-0.2, -0.15) is 0 Å². The van der Waals surface area contributed by atoms with Crippen LogP contribution in [-0.2, 0) is 4.79 Å². The molecule has 0 amide bonds. The second-order valence-electron chi connectivity index (χ2n) is 3.65. The van der Waals surface area contributed by atoms with Crippen LogP contribution in [0.3, 0.4) is 0 Å². The lowest BCUT2D eigenvalue weighted by Crippen LogP contribution is -2.38. The monoisotopic (exact) mass is 303 g/mol. The lowest BCUT2D eigenvalue weighted by molar-refractivity contribution is -0.138. The number of aliphatic carboxylic acids is 1. The molecule has 1 unspecified atom stereocenters. The van der Waals surface area contributed by atoms with Gasteiger partial charge in [-0.1, -0.05) is 60.0 Å². The summed E-state index contributed by atoms with van der Waals surface area (Å²) >= 11 is 0. The first-order valence-electron chi connectivity index (χ1n) is 5.35. The van der Waals surface area contributed by atoms with E-state index in [2.05, 4.69) is 33.4 Å². The van der Waals surface area contributed by atoms with Crippen LogP contribution in [0.5, 0.6) is 0 Å². The Balaban J connectivity index is -0.000000315. The first-order valence-corrected chi connectivity index (χ1v) is 7.47. The molecular weight excluding hydrogens is 281 g/mol. The molecule has 3 N–H and O–H groups in total. The second-order valence-corrected chi connectivity index (χ2v) is 6.25. The Morgan fingerprint density at radius 1 is 1.06 bits per heavy atom. The van der Waals surface area contributed by atoms with Gasteiger partial charge in [0.05, 0.1) is 0 Å². The van der Waals surface area contributed by atoms with E-state index in [1.807, 2.05) is 0 Å². The van der Waals surface area contributed by atoms with Crippen LogP contribution in [0.15, 0.2) is 0 Å². The average molecular weight is 303 g/mol. The molecule has 0 aromatic heterocycles. The molecule has 0 aliphatic heterocycles. The Morgan fingerprint density at radius 2 is 1.28 bits per heavy atom. The molecular formula is C9H22F5NO2S. The van der Waals surface area contributed by atoms with Crippen LogP contribution >= 0.6 is 10.2 Å². The molecule has 116 valence electrons. The number of nitrogens with two attached hydrogens (primary N) is 1. The summed E-state index contributed by atoms with van der Waals surface area (Å²) in [5, 5.41) is 7.83. The smallest absolute Gasteiger partial charge is 0.321 e. The summed E-state index contributed by atoms with van der Waals surface area (Å²) in [6, 6.07) is -2.61. The minimum atomic E-state index is -9.68. The molecule has 0 spiro atoms. The van der Waals surface area contributed by atoms with Crippen molar-refractivity contribution in [3.63, 3.8) is 0 Å². The third-order valence-corrected chi connectivity index (χ3v) is 1.80. The van der Waals surface area contributed by atoms with E-state index in [0.717, 1.165) is 0 Å². The first-order chi connectivity index (χ1) is 7.63. The van der Waals surface area contributed by atoms with E-state index < -0.39 is 28.0 Å². The van der Waals surface area contributed by atoms with Crippen molar-refractivity contribution in [2.45, 2.75) is 46.6 Å². The zero-order chi connectivity index (χ0) is 15.7. The van der Waals surface area contributed by atoms with Crippen LogP contribution in [-0.4, -0.2) is 22.9 Å². The van der Waals surface area contributed by atoms with Gasteiger partial charge in [-0.05, 0) is 0 Å². The summed E-state index contributed by atoms with van der Waals surface area (Å²) in [5.41, 5.74) is 4.30. The number of rotatable bonds is 3. The van der Waals surface area contributed by atoms with E-state index in [1.165, 1.54) is 12.8 Å². The van der Waals surface area contributed by atoms with Crippen LogP contribution in [0.1, 0.15) is 40.5 Å². The molecule has 18 heavy (non-hydrogen) atoms. The fourth-order valence-corrected chi connectivity index (χ4v) is 1.23. The molecule has 0 saturated heterocycles. The van der Waals surface area contributed by atoms with Crippen molar-refractivity contribution in [2.75, 3.05) is 5.75 Å². The van der Waals surface area contributed by atoms with E-state index in [4.69, 9.17) is 5.11 Å².